The lowest BCUT2D eigenvalue weighted by Gasteiger charge is -2.34. The van der Waals surface area contributed by atoms with Gasteiger partial charge >= 0.3 is 12.1 Å². The van der Waals surface area contributed by atoms with E-state index in [4.69, 9.17) is 5.73 Å². The van der Waals surface area contributed by atoms with Crippen molar-refractivity contribution in [3.63, 3.8) is 0 Å². The van der Waals surface area contributed by atoms with Crippen LogP contribution in [0.1, 0.15) is 20.7 Å². The number of nitrogens with zero attached hydrogens (tertiary/aromatic N) is 4. The van der Waals surface area contributed by atoms with Crippen molar-refractivity contribution in [3.05, 3.63) is 65.6 Å². The van der Waals surface area contributed by atoms with E-state index in [1.807, 2.05) is 6.07 Å². The molecule has 2 aromatic heterocycles. The number of primary amides is 1. The van der Waals surface area contributed by atoms with Gasteiger partial charge in [-0.05, 0) is 24.3 Å². The Balaban J connectivity index is 1.34. The first-order valence-electron chi connectivity index (χ1n) is 11.2. The molecule has 37 heavy (non-hydrogen) atoms. The second-order valence-electron chi connectivity index (χ2n) is 8.23. The molecule has 0 radical (unpaired) electrons. The first-order chi connectivity index (χ1) is 17.8. The standard InChI is InChI=1S/C24H20FN7O5/c25-16-7-6-14(20-28-24(30-29-20)37-23(26)36)18-17(16)15(12-27-18)19(33)22(35)32-10-8-31(9-11-32)21(34)13-4-2-1-3-5-13/h1-7,12,27H,8-11H2,(H2,26,36)(H,28,29,30). The fourth-order valence-corrected chi connectivity index (χ4v) is 4.23. The number of benzene rings is 2. The number of piperazine rings is 1. The summed E-state index contributed by atoms with van der Waals surface area (Å²) >= 11 is 0. The van der Waals surface area contributed by atoms with Gasteiger partial charge < -0.3 is 25.3 Å². The number of amides is 3. The second-order valence-corrected chi connectivity index (χ2v) is 8.23. The molecule has 4 aromatic rings. The lowest BCUT2D eigenvalue weighted by Crippen LogP contribution is -2.52. The molecule has 4 N–H and O–H groups in total. The fourth-order valence-electron chi connectivity index (χ4n) is 4.23. The number of Topliss-reactive ketones (excluding diaryl/α,β-unsaturated/α-hetero) is 1. The molecule has 0 unspecified atom stereocenters. The Kier molecular flexibility index (Phi) is 6.09. The number of halogens is 1. The van der Waals surface area contributed by atoms with E-state index in [2.05, 4.69) is 24.9 Å². The molecular weight excluding hydrogens is 485 g/mol. The van der Waals surface area contributed by atoms with Gasteiger partial charge in [-0.25, -0.2) is 9.18 Å². The van der Waals surface area contributed by atoms with Crippen LogP contribution in [-0.4, -0.2) is 79.8 Å². The second kappa shape index (κ2) is 9.53. The van der Waals surface area contributed by atoms with Crippen LogP contribution in [0.2, 0.25) is 0 Å². The van der Waals surface area contributed by atoms with E-state index in [0.29, 0.717) is 11.1 Å². The van der Waals surface area contributed by atoms with E-state index in [9.17, 15) is 23.6 Å². The van der Waals surface area contributed by atoms with Gasteiger partial charge in [-0.1, -0.05) is 23.3 Å². The summed E-state index contributed by atoms with van der Waals surface area (Å²) in [5, 5.41) is 7.40. The number of hydrogen-bond donors (Lipinski definition) is 3. The summed E-state index contributed by atoms with van der Waals surface area (Å²) in [7, 11) is 0. The summed E-state index contributed by atoms with van der Waals surface area (Å²) in [6.45, 7) is 0.862. The molecule has 13 heteroatoms. The van der Waals surface area contributed by atoms with Gasteiger partial charge in [0.2, 0.25) is 0 Å². The van der Waals surface area contributed by atoms with E-state index in [1.165, 1.54) is 17.2 Å². The molecule has 12 nitrogen and oxygen atoms in total. The van der Waals surface area contributed by atoms with Gasteiger partial charge in [0, 0.05) is 48.9 Å². The van der Waals surface area contributed by atoms with E-state index < -0.39 is 23.6 Å². The Labute approximate surface area is 208 Å². The summed E-state index contributed by atoms with van der Waals surface area (Å²) in [5.74, 6) is -2.44. The number of hydrogen-bond acceptors (Lipinski definition) is 7. The van der Waals surface area contributed by atoms with Crippen molar-refractivity contribution in [2.45, 2.75) is 0 Å². The Morgan fingerprint density at radius 1 is 0.946 bits per heavy atom. The predicted molar refractivity (Wildman–Crippen MR) is 127 cm³/mol. The van der Waals surface area contributed by atoms with Crippen LogP contribution < -0.4 is 10.5 Å². The number of nitrogens with two attached hydrogens (primary N) is 1. The van der Waals surface area contributed by atoms with Gasteiger partial charge in [-0.15, -0.1) is 5.10 Å². The molecule has 1 aliphatic heterocycles. The third kappa shape index (κ3) is 4.49. The van der Waals surface area contributed by atoms with Crippen molar-refractivity contribution in [2.24, 2.45) is 5.73 Å². The van der Waals surface area contributed by atoms with Crippen molar-refractivity contribution < 1.29 is 28.3 Å². The molecule has 188 valence electrons. The number of aromatic nitrogens is 4. The fraction of sp³-hybridized carbons (Fsp3) is 0.167. The van der Waals surface area contributed by atoms with Crippen molar-refractivity contribution >= 4 is 34.6 Å². The first-order valence-corrected chi connectivity index (χ1v) is 11.2. The molecule has 5 rings (SSSR count). The average molecular weight is 505 g/mol. The molecule has 2 aromatic carbocycles. The summed E-state index contributed by atoms with van der Waals surface area (Å²) in [5.41, 5.74) is 5.88. The number of ether oxygens (including phenoxy) is 1. The molecule has 0 saturated carbocycles. The molecule has 0 bridgehead atoms. The van der Waals surface area contributed by atoms with Crippen LogP contribution in [0.3, 0.4) is 0 Å². The van der Waals surface area contributed by atoms with Gasteiger partial charge in [0.25, 0.3) is 17.6 Å². The van der Waals surface area contributed by atoms with Gasteiger partial charge in [0.15, 0.2) is 5.82 Å². The van der Waals surface area contributed by atoms with Crippen LogP contribution in [-0.2, 0) is 4.79 Å². The number of carbonyl (C=O) groups excluding carboxylic acids is 4. The third-order valence-corrected chi connectivity index (χ3v) is 6.02. The normalized spacial score (nSPS) is 13.5. The number of ketones is 1. The molecule has 1 saturated heterocycles. The zero-order valence-corrected chi connectivity index (χ0v) is 19.2. The van der Waals surface area contributed by atoms with Crippen molar-refractivity contribution in [1.82, 2.24) is 30.0 Å². The van der Waals surface area contributed by atoms with E-state index in [-0.39, 0.29) is 60.4 Å². The topological polar surface area (TPSA) is 167 Å². The van der Waals surface area contributed by atoms with Crippen molar-refractivity contribution in [2.75, 3.05) is 26.2 Å². The maximum atomic E-state index is 14.8. The van der Waals surface area contributed by atoms with Crippen LogP contribution in [0.25, 0.3) is 22.3 Å². The molecule has 1 aliphatic rings. The number of fused-ring (bicyclic) bond motifs is 1. The van der Waals surface area contributed by atoms with Gasteiger partial charge in [0.1, 0.15) is 5.82 Å². The Bertz CT molecular complexity index is 1520. The van der Waals surface area contributed by atoms with Gasteiger partial charge in [-0.2, -0.15) is 0 Å². The minimum absolute atomic E-state index is 0.0949. The third-order valence-electron chi connectivity index (χ3n) is 6.02. The van der Waals surface area contributed by atoms with E-state index in [1.54, 1.807) is 29.2 Å². The maximum Gasteiger partial charge on any atom is 0.412 e. The van der Waals surface area contributed by atoms with Gasteiger partial charge in [0.05, 0.1) is 11.1 Å². The number of H-pyrrole nitrogens is 2. The summed E-state index contributed by atoms with van der Waals surface area (Å²) in [6.07, 6.45) is 0.160. The Morgan fingerprint density at radius 2 is 1.65 bits per heavy atom. The molecule has 0 atom stereocenters. The van der Waals surface area contributed by atoms with Crippen molar-refractivity contribution in [1.29, 1.82) is 0 Å². The largest absolute Gasteiger partial charge is 0.412 e. The van der Waals surface area contributed by atoms with Crippen LogP contribution in [0, 0.1) is 5.82 Å². The Morgan fingerprint density at radius 3 is 2.35 bits per heavy atom. The number of rotatable bonds is 5. The van der Waals surface area contributed by atoms with Crippen molar-refractivity contribution in [3.8, 4) is 17.4 Å². The lowest BCUT2D eigenvalue weighted by molar-refractivity contribution is -0.127. The molecule has 1 fully saturated rings. The highest BCUT2D eigenvalue weighted by Crippen LogP contribution is 2.31. The summed E-state index contributed by atoms with van der Waals surface area (Å²) in [6, 6.07) is 11.0. The molecule has 3 amide bonds. The molecule has 3 heterocycles. The molecule has 0 spiro atoms. The number of aromatic amines is 2. The van der Waals surface area contributed by atoms with Crippen LogP contribution in [0.15, 0.2) is 48.7 Å². The number of carbonyl (C=O) groups is 4. The zero-order chi connectivity index (χ0) is 26.1. The number of nitrogens with one attached hydrogen (secondary N) is 2. The van der Waals surface area contributed by atoms with E-state index >= 15 is 0 Å². The SMILES string of the molecule is NC(=O)Oc1nnc(-c2ccc(F)c3c(C(=O)C(=O)N4CCN(C(=O)c5ccccc5)CC4)c[nH]c23)[nH]1. The lowest BCUT2D eigenvalue weighted by atomic mass is 10.0. The monoisotopic (exact) mass is 505 g/mol. The smallest absolute Gasteiger partial charge is 0.374 e. The van der Waals surface area contributed by atoms with Gasteiger partial charge in [-0.3, -0.25) is 19.4 Å². The Hall–Kier alpha value is -5.07. The zero-order valence-electron chi connectivity index (χ0n) is 19.2. The average Bonchev–Trinajstić information content (AvgIpc) is 3.56. The van der Waals surface area contributed by atoms with Crippen LogP contribution in [0.5, 0.6) is 6.01 Å². The molecular formula is C24H20FN7O5. The minimum Gasteiger partial charge on any atom is -0.374 e. The highest BCUT2D eigenvalue weighted by Gasteiger charge is 2.31. The summed E-state index contributed by atoms with van der Waals surface area (Å²) in [4.78, 5) is 58.1. The first kappa shape index (κ1) is 23.7. The highest BCUT2D eigenvalue weighted by molar-refractivity contribution is 6.45. The highest BCUT2D eigenvalue weighted by atomic mass is 19.1. The van der Waals surface area contributed by atoms with E-state index in [0.717, 1.165) is 6.07 Å². The van der Waals surface area contributed by atoms with Crippen LogP contribution >= 0.6 is 0 Å². The maximum absolute atomic E-state index is 14.8. The molecule has 0 aliphatic carbocycles. The minimum atomic E-state index is -1.09. The quantitative estimate of drug-likeness (QED) is 0.274. The summed E-state index contributed by atoms with van der Waals surface area (Å²) < 4.78 is 19.5. The predicted octanol–water partition coefficient (Wildman–Crippen LogP) is 1.72. The van der Waals surface area contributed by atoms with Crippen LogP contribution in [0.4, 0.5) is 9.18 Å².